The summed E-state index contributed by atoms with van der Waals surface area (Å²) in [4.78, 5) is 4.39. The molecule has 0 amide bonds. The Morgan fingerprint density at radius 2 is 1.96 bits per heavy atom. The van der Waals surface area contributed by atoms with Crippen LogP contribution >= 0.6 is 0 Å². The molecule has 1 aromatic rings. The molecule has 1 rings (SSSR count). The molecule has 0 saturated heterocycles. The van der Waals surface area contributed by atoms with E-state index in [1.807, 2.05) is 13.8 Å². The van der Waals surface area contributed by atoms with Crippen LogP contribution in [0.2, 0.25) is 0 Å². The Morgan fingerprint density at radius 1 is 1.22 bits per heavy atom. The zero-order valence-corrected chi connectivity index (χ0v) is 16.7. The van der Waals surface area contributed by atoms with Gasteiger partial charge in [-0.2, -0.15) is 8.78 Å². The van der Waals surface area contributed by atoms with Gasteiger partial charge in [0.05, 0.1) is 12.3 Å². The fourth-order valence-corrected chi connectivity index (χ4v) is 2.83. The highest BCUT2D eigenvalue weighted by atomic mass is 32.2. The van der Waals surface area contributed by atoms with Gasteiger partial charge in [0.15, 0.2) is 5.96 Å². The molecular formula is C17H28F2N4O3S. The van der Waals surface area contributed by atoms with Gasteiger partial charge in [-0.3, -0.25) is 0 Å². The van der Waals surface area contributed by atoms with Gasteiger partial charge in [0.1, 0.15) is 5.75 Å². The first-order valence-electron chi connectivity index (χ1n) is 8.81. The second kappa shape index (κ2) is 11.7. The summed E-state index contributed by atoms with van der Waals surface area (Å²) in [6.07, 6.45) is 0.577. The summed E-state index contributed by atoms with van der Waals surface area (Å²) in [6.45, 7) is 4.08. The maximum Gasteiger partial charge on any atom is 0.387 e. The van der Waals surface area contributed by atoms with Crippen molar-refractivity contribution in [2.45, 2.75) is 40.3 Å². The number of aryl methyl sites for hydroxylation is 1. The standard InChI is InChI=1S/C17H28F2N4O3S/c1-4-20-17(21-9-6-10-23-27(24,25)5-2)22-12-14-11-13(3)7-8-15(14)26-16(18)19/h7-8,11,16,23H,4-6,9-10,12H2,1-3H3,(H2,20,21,22). The van der Waals surface area contributed by atoms with Crippen LogP contribution in [0.25, 0.3) is 0 Å². The first kappa shape index (κ1) is 23.1. The number of alkyl halides is 2. The molecule has 0 aliphatic carbocycles. The molecule has 0 heterocycles. The van der Waals surface area contributed by atoms with Gasteiger partial charge in [-0.1, -0.05) is 17.7 Å². The summed E-state index contributed by atoms with van der Waals surface area (Å²) in [5.41, 5.74) is 1.48. The number of rotatable bonds is 11. The Bertz CT molecular complexity index is 712. The van der Waals surface area contributed by atoms with Gasteiger partial charge in [0.25, 0.3) is 0 Å². The first-order valence-corrected chi connectivity index (χ1v) is 10.5. The average molecular weight is 406 g/mol. The van der Waals surface area contributed by atoms with Crippen molar-refractivity contribution >= 4 is 16.0 Å². The lowest BCUT2D eigenvalue weighted by Gasteiger charge is -2.13. The number of nitrogens with zero attached hydrogens (tertiary/aromatic N) is 1. The number of ether oxygens (including phenoxy) is 1. The van der Waals surface area contributed by atoms with Crippen molar-refractivity contribution in [3.05, 3.63) is 29.3 Å². The summed E-state index contributed by atoms with van der Waals surface area (Å²) in [5, 5.41) is 6.14. The Kier molecular flexibility index (Phi) is 10.0. The monoisotopic (exact) mass is 406 g/mol. The molecular weight excluding hydrogens is 378 g/mol. The normalized spacial score (nSPS) is 12.3. The van der Waals surface area contributed by atoms with Gasteiger partial charge in [-0.05, 0) is 33.3 Å². The fourth-order valence-electron chi connectivity index (χ4n) is 2.17. The maximum absolute atomic E-state index is 12.5. The van der Waals surface area contributed by atoms with Crippen molar-refractivity contribution in [1.29, 1.82) is 0 Å². The van der Waals surface area contributed by atoms with Crippen LogP contribution in [0, 0.1) is 6.92 Å². The van der Waals surface area contributed by atoms with Crippen LogP contribution in [0.3, 0.4) is 0 Å². The number of hydrogen-bond acceptors (Lipinski definition) is 4. The van der Waals surface area contributed by atoms with E-state index >= 15 is 0 Å². The van der Waals surface area contributed by atoms with Gasteiger partial charge in [-0.15, -0.1) is 0 Å². The lowest BCUT2D eigenvalue weighted by molar-refractivity contribution is -0.0504. The third-order valence-electron chi connectivity index (χ3n) is 3.53. The van der Waals surface area contributed by atoms with Gasteiger partial charge in [0, 0.05) is 25.2 Å². The molecule has 0 spiro atoms. The molecule has 27 heavy (non-hydrogen) atoms. The van der Waals surface area contributed by atoms with Crippen LogP contribution in [-0.2, 0) is 16.6 Å². The Morgan fingerprint density at radius 3 is 2.59 bits per heavy atom. The molecule has 0 bridgehead atoms. The lowest BCUT2D eigenvalue weighted by Crippen LogP contribution is -2.38. The molecule has 0 saturated carbocycles. The Labute approximate surface area is 159 Å². The van der Waals surface area contributed by atoms with Crippen LogP contribution in [-0.4, -0.2) is 46.4 Å². The molecule has 1 aromatic carbocycles. The third kappa shape index (κ3) is 9.53. The predicted octanol–water partition coefficient (Wildman–Crippen LogP) is 1.98. The Hall–Kier alpha value is -1.94. The van der Waals surface area contributed by atoms with Crippen molar-refractivity contribution in [1.82, 2.24) is 15.4 Å². The van der Waals surface area contributed by atoms with Crippen molar-refractivity contribution in [2.75, 3.05) is 25.4 Å². The highest BCUT2D eigenvalue weighted by Crippen LogP contribution is 2.22. The van der Waals surface area contributed by atoms with E-state index in [2.05, 4.69) is 25.1 Å². The Balaban J connectivity index is 2.64. The molecule has 0 aromatic heterocycles. The summed E-state index contributed by atoms with van der Waals surface area (Å²) in [7, 11) is -3.19. The topological polar surface area (TPSA) is 91.8 Å². The average Bonchev–Trinajstić information content (AvgIpc) is 2.60. The van der Waals surface area contributed by atoms with Crippen molar-refractivity contribution in [3.63, 3.8) is 0 Å². The molecule has 0 atom stereocenters. The molecule has 0 radical (unpaired) electrons. The third-order valence-corrected chi connectivity index (χ3v) is 4.94. The van der Waals surface area contributed by atoms with E-state index in [1.165, 1.54) is 6.07 Å². The van der Waals surface area contributed by atoms with Gasteiger partial charge in [0.2, 0.25) is 10.0 Å². The highest BCUT2D eigenvalue weighted by Gasteiger charge is 2.10. The highest BCUT2D eigenvalue weighted by molar-refractivity contribution is 7.89. The predicted molar refractivity (Wildman–Crippen MR) is 103 cm³/mol. The molecule has 0 aliphatic rings. The number of nitrogens with one attached hydrogen (secondary N) is 3. The molecule has 7 nitrogen and oxygen atoms in total. The van der Waals surface area contributed by atoms with Crippen LogP contribution in [0.1, 0.15) is 31.4 Å². The van der Waals surface area contributed by atoms with Crippen molar-refractivity contribution < 1.29 is 21.9 Å². The number of hydrogen-bond donors (Lipinski definition) is 3. The number of sulfonamides is 1. The van der Waals surface area contributed by atoms with Gasteiger partial charge in [-0.25, -0.2) is 18.1 Å². The lowest BCUT2D eigenvalue weighted by atomic mass is 10.1. The summed E-state index contributed by atoms with van der Waals surface area (Å²) < 4.78 is 54.8. The van der Waals surface area contributed by atoms with Gasteiger partial charge >= 0.3 is 6.61 Å². The van der Waals surface area contributed by atoms with Crippen LogP contribution in [0.5, 0.6) is 5.75 Å². The fraction of sp³-hybridized carbons (Fsp3) is 0.588. The second-order valence-corrected chi connectivity index (χ2v) is 7.86. The van der Waals surface area contributed by atoms with Crippen LogP contribution < -0.4 is 20.1 Å². The zero-order valence-electron chi connectivity index (χ0n) is 15.9. The maximum atomic E-state index is 12.5. The first-order chi connectivity index (χ1) is 12.8. The van der Waals surface area contributed by atoms with E-state index in [0.717, 1.165) is 5.56 Å². The second-order valence-electron chi connectivity index (χ2n) is 5.76. The summed E-state index contributed by atoms with van der Waals surface area (Å²) in [5.74, 6) is 0.661. The molecule has 0 unspecified atom stereocenters. The number of guanidine groups is 1. The van der Waals surface area contributed by atoms with Crippen LogP contribution in [0.4, 0.5) is 8.78 Å². The largest absolute Gasteiger partial charge is 0.434 e. The number of halogens is 2. The van der Waals surface area contributed by atoms with E-state index < -0.39 is 16.6 Å². The number of benzene rings is 1. The summed E-state index contributed by atoms with van der Waals surface area (Å²) >= 11 is 0. The minimum atomic E-state index is -3.19. The number of aliphatic imine (C=N–C) groups is 1. The smallest absolute Gasteiger partial charge is 0.387 e. The zero-order chi connectivity index (χ0) is 20.3. The molecule has 154 valence electrons. The van der Waals surface area contributed by atoms with E-state index in [0.29, 0.717) is 37.6 Å². The molecule has 0 fully saturated rings. The van der Waals surface area contributed by atoms with Crippen LogP contribution in [0.15, 0.2) is 23.2 Å². The summed E-state index contributed by atoms with van der Waals surface area (Å²) in [6, 6.07) is 4.96. The van der Waals surface area contributed by atoms with Crippen molar-refractivity contribution in [3.8, 4) is 5.75 Å². The molecule has 10 heteroatoms. The van der Waals surface area contributed by atoms with E-state index in [1.54, 1.807) is 19.1 Å². The SMILES string of the molecule is CCNC(=NCc1cc(C)ccc1OC(F)F)NCCCNS(=O)(=O)CC. The van der Waals surface area contributed by atoms with Crippen molar-refractivity contribution in [2.24, 2.45) is 4.99 Å². The van der Waals surface area contributed by atoms with Gasteiger partial charge < -0.3 is 15.4 Å². The minimum absolute atomic E-state index is 0.0457. The van der Waals surface area contributed by atoms with E-state index in [4.69, 9.17) is 0 Å². The minimum Gasteiger partial charge on any atom is -0.434 e. The van der Waals surface area contributed by atoms with E-state index in [-0.39, 0.29) is 18.0 Å². The van der Waals surface area contributed by atoms with E-state index in [9.17, 15) is 17.2 Å². The molecule has 0 aliphatic heterocycles. The molecule has 3 N–H and O–H groups in total. The quantitative estimate of drug-likeness (QED) is 0.297.